The number of primary amides is 1. The van der Waals surface area contributed by atoms with Crippen LogP contribution in [0.25, 0.3) is 11.5 Å². The Kier molecular flexibility index (Phi) is 3.71. The van der Waals surface area contributed by atoms with Gasteiger partial charge in [-0.1, -0.05) is 6.07 Å². The van der Waals surface area contributed by atoms with E-state index in [0.29, 0.717) is 5.69 Å². The molecule has 0 aliphatic heterocycles. The Labute approximate surface area is 129 Å². The Morgan fingerprint density at radius 2 is 1.91 bits per heavy atom. The standard InChI is InChI=1S/C15H10F2N4O2/c16-9-4-1-5-10(17)11(9)14-21-12(13(18)22)15(23-14)20-8-3-2-6-19-7-8/h1-7,20H,(H2,18,22). The molecule has 0 radical (unpaired) electrons. The zero-order chi connectivity index (χ0) is 16.4. The summed E-state index contributed by atoms with van der Waals surface area (Å²) < 4.78 is 32.9. The van der Waals surface area contributed by atoms with Gasteiger partial charge in [0.25, 0.3) is 5.91 Å². The van der Waals surface area contributed by atoms with Crippen LogP contribution in [0.1, 0.15) is 10.5 Å². The van der Waals surface area contributed by atoms with E-state index in [0.717, 1.165) is 12.1 Å². The molecule has 0 aliphatic rings. The highest BCUT2D eigenvalue weighted by atomic mass is 19.1. The molecule has 0 fully saturated rings. The van der Waals surface area contributed by atoms with E-state index < -0.39 is 23.1 Å². The van der Waals surface area contributed by atoms with Gasteiger partial charge >= 0.3 is 0 Å². The Bertz CT molecular complexity index is 845. The van der Waals surface area contributed by atoms with Gasteiger partial charge in [-0.2, -0.15) is 0 Å². The van der Waals surface area contributed by atoms with Gasteiger partial charge in [0.2, 0.25) is 11.8 Å². The second-order valence-electron chi connectivity index (χ2n) is 4.52. The number of oxazole rings is 1. The molecule has 0 saturated carbocycles. The van der Waals surface area contributed by atoms with Crippen molar-refractivity contribution in [3.8, 4) is 11.5 Å². The lowest BCUT2D eigenvalue weighted by atomic mass is 10.2. The summed E-state index contributed by atoms with van der Waals surface area (Å²) in [5.74, 6) is -3.14. The largest absolute Gasteiger partial charge is 0.419 e. The van der Waals surface area contributed by atoms with Gasteiger partial charge in [-0.05, 0) is 24.3 Å². The van der Waals surface area contributed by atoms with Crippen LogP contribution in [0.15, 0.2) is 47.1 Å². The molecule has 0 aliphatic carbocycles. The Morgan fingerprint density at radius 3 is 2.52 bits per heavy atom. The van der Waals surface area contributed by atoms with E-state index in [4.69, 9.17) is 10.2 Å². The van der Waals surface area contributed by atoms with Crippen molar-refractivity contribution in [3.63, 3.8) is 0 Å². The van der Waals surface area contributed by atoms with Gasteiger partial charge in [-0.25, -0.2) is 13.8 Å². The van der Waals surface area contributed by atoms with Crippen molar-refractivity contribution in [2.24, 2.45) is 5.73 Å². The van der Waals surface area contributed by atoms with Gasteiger partial charge < -0.3 is 15.5 Å². The first-order chi connectivity index (χ1) is 11.1. The number of anilines is 2. The zero-order valence-corrected chi connectivity index (χ0v) is 11.6. The van der Waals surface area contributed by atoms with Crippen LogP contribution in [-0.2, 0) is 0 Å². The summed E-state index contributed by atoms with van der Waals surface area (Å²) in [7, 11) is 0. The molecule has 2 aromatic heterocycles. The number of hydrogen-bond donors (Lipinski definition) is 2. The summed E-state index contributed by atoms with van der Waals surface area (Å²) in [4.78, 5) is 19.2. The minimum atomic E-state index is -0.900. The highest BCUT2D eigenvalue weighted by molar-refractivity contribution is 5.96. The second kappa shape index (κ2) is 5.84. The summed E-state index contributed by atoms with van der Waals surface area (Å²) in [6, 6.07) is 6.63. The molecule has 116 valence electrons. The van der Waals surface area contributed by atoms with Gasteiger partial charge in [-0.3, -0.25) is 9.78 Å². The van der Waals surface area contributed by atoms with E-state index in [1.165, 1.54) is 12.3 Å². The maximum Gasteiger partial charge on any atom is 0.273 e. The van der Waals surface area contributed by atoms with Crippen molar-refractivity contribution in [1.29, 1.82) is 0 Å². The molecular weight excluding hydrogens is 306 g/mol. The molecule has 8 heteroatoms. The van der Waals surface area contributed by atoms with E-state index in [9.17, 15) is 13.6 Å². The first-order valence-corrected chi connectivity index (χ1v) is 6.48. The van der Waals surface area contributed by atoms with Crippen LogP contribution in [-0.4, -0.2) is 15.9 Å². The number of pyridine rings is 1. The number of carbonyl (C=O) groups is 1. The number of nitrogens with two attached hydrogens (primary N) is 1. The molecule has 0 bridgehead atoms. The number of nitrogens with zero attached hydrogens (tertiary/aromatic N) is 2. The van der Waals surface area contributed by atoms with Crippen LogP contribution in [0.3, 0.4) is 0 Å². The number of nitrogens with one attached hydrogen (secondary N) is 1. The molecule has 23 heavy (non-hydrogen) atoms. The fourth-order valence-corrected chi connectivity index (χ4v) is 1.95. The molecule has 0 saturated heterocycles. The average molecular weight is 316 g/mol. The third kappa shape index (κ3) is 2.86. The highest BCUT2D eigenvalue weighted by Crippen LogP contribution is 2.30. The number of rotatable bonds is 4. The van der Waals surface area contributed by atoms with Crippen LogP contribution in [0, 0.1) is 11.6 Å². The van der Waals surface area contributed by atoms with Crippen LogP contribution in [0.4, 0.5) is 20.4 Å². The minimum Gasteiger partial charge on any atom is -0.419 e. The van der Waals surface area contributed by atoms with Gasteiger partial charge in [0.05, 0.1) is 11.9 Å². The van der Waals surface area contributed by atoms with Crippen molar-refractivity contribution in [1.82, 2.24) is 9.97 Å². The summed E-state index contributed by atoms with van der Waals surface area (Å²) in [6.07, 6.45) is 3.03. The third-order valence-corrected chi connectivity index (χ3v) is 2.96. The first-order valence-electron chi connectivity index (χ1n) is 6.48. The predicted octanol–water partition coefficient (Wildman–Crippen LogP) is 2.86. The number of benzene rings is 1. The Balaban J connectivity index is 2.08. The van der Waals surface area contributed by atoms with E-state index >= 15 is 0 Å². The van der Waals surface area contributed by atoms with Crippen LogP contribution in [0.2, 0.25) is 0 Å². The third-order valence-electron chi connectivity index (χ3n) is 2.96. The van der Waals surface area contributed by atoms with Crippen molar-refractivity contribution in [2.45, 2.75) is 0 Å². The molecule has 3 aromatic rings. The zero-order valence-electron chi connectivity index (χ0n) is 11.6. The summed E-state index contributed by atoms with van der Waals surface area (Å²) in [5, 5.41) is 2.75. The minimum absolute atomic E-state index is 0.122. The average Bonchev–Trinajstić information content (AvgIpc) is 2.92. The molecule has 1 amide bonds. The maximum absolute atomic E-state index is 13.8. The lowest BCUT2D eigenvalue weighted by Gasteiger charge is -2.02. The fraction of sp³-hybridized carbons (Fsp3) is 0. The van der Waals surface area contributed by atoms with Gasteiger partial charge in [-0.15, -0.1) is 0 Å². The maximum atomic E-state index is 13.8. The van der Waals surface area contributed by atoms with E-state index in [1.54, 1.807) is 18.3 Å². The molecule has 2 heterocycles. The van der Waals surface area contributed by atoms with E-state index in [2.05, 4.69) is 15.3 Å². The van der Waals surface area contributed by atoms with Crippen molar-refractivity contribution in [2.75, 3.05) is 5.32 Å². The summed E-state index contributed by atoms with van der Waals surface area (Å²) in [5.41, 5.74) is 4.97. The molecule has 0 spiro atoms. The molecule has 1 aromatic carbocycles. The first kappa shape index (κ1) is 14.6. The van der Waals surface area contributed by atoms with Crippen molar-refractivity contribution >= 4 is 17.5 Å². The second-order valence-corrected chi connectivity index (χ2v) is 4.52. The molecular formula is C15H10F2N4O2. The number of hydrogen-bond acceptors (Lipinski definition) is 5. The van der Waals surface area contributed by atoms with Crippen LogP contribution < -0.4 is 11.1 Å². The predicted molar refractivity (Wildman–Crippen MR) is 77.9 cm³/mol. The highest BCUT2D eigenvalue weighted by Gasteiger charge is 2.23. The number of aromatic nitrogens is 2. The number of halogens is 2. The molecule has 0 unspecified atom stereocenters. The SMILES string of the molecule is NC(=O)c1nc(-c2c(F)cccc2F)oc1Nc1cccnc1. The topological polar surface area (TPSA) is 94.0 Å². The van der Waals surface area contributed by atoms with E-state index in [1.807, 2.05) is 0 Å². The molecule has 0 atom stereocenters. The van der Waals surface area contributed by atoms with Gasteiger partial charge in [0.1, 0.15) is 17.2 Å². The quantitative estimate of drug-likeness (QED) is 0.772. The van der Waals surface area contributed by atoms with Crippen LogP contribution >= 0.6 is 0 Å². The van der Waals surface area contributed by atoms with Gasteiger partial charge in [0, 0.05) is 6.20 Å². The lowest BCUT2D eigenvalue weighted by Crippen LogP contribution is -2.13. The Morgan fingerprint density at radius 1 is 1.17 bits per heavy atom. The van der Waals surface area contributed by atoms with Crippen LogP contribution in [0.5, 0.6) is 0 Å². The van der Waals surface area contributed by atoms with Crippen molar-refractivity contribution in [3.05, 3.63) is 60.1 Å². The normalized spacial score (nSPS) is 10.5. The fourth-order valence-electron chi connectivity index (χ4n) is 1.95. The Hall–Kier alpha value is -3.29. The summed E-state index contributed by atoms with van der Waals surface area (Å²) in [6.45, 7) is 0. The number of carbonyl (C=O) groups excluding carboxylic acids is 1. The molecule has 6 nitrogen and oxygen atoms in total. The van der Waals surface area contributed by atoms with Gasteiger partial charge in [0.15, 0.2) is 5.69 Å². The smallest absolute Gasteiger partial charge is 0.273 e. The number of amides is 1. The monoisotopic (exact) mass is 316 g/mol. The lowest BCUT2D eigenvalue weighted by molar-refractivity contribution is 0.0996. The molecule has 3 N–H and O–H groups in total. The molecule has 3 rings (SSSR count). The van der Waals surface area contributed by atoms with E-state index in [-0.39, 0.29) is 17.5 Å². The summed E-state index contributed by atoms with van der Waals surface area (Å²) >= 11 is 0. The van der Waals surface area contributed by atoms with Crippen molar-refractivity contribution < 1.29 is 18.0 Å².